The maximum absolute atomic E-state index is 12.0. The fourth-order valence-electron chi connectivity index (χ4n) is 2.69. The number of para-hydroxylation sites is 1. The van der Waals surface area contributed by atoms with Crippen LogP contribution < -0.4 is 15.7 Å². The van der Waals surface area contributed by atoms with E-state index in [9.17, 15) is 9.59 Å². The van der Waals surface area contributed by atoms with Gasteiger partial charge >= 0.3 is 5.63 Å². The summed E-state index contributed by atoms with van der Waals surface area (Å²) >= 11 is 0. The van der Waals surface area contributed by atoms with Crippen molar-refractivity contribution in [1.29, 1.82) is 0 Å². The third-order valence-corrected chi connectivity index (χ3v) is 3.88. The van der Waals surface area contributed by atoms with Gasteiger partial charge in [-0.15, -0.1) is 0 Å². The van der Waals surface area contributed by atoms with Crippen molar-refractivity contribution in [2.75, 3.05) is 18.5 Å². The van der Waals surface area contributed by atoms with Gasteiger partial charge in [-0.1, -0.05) is 24.3 Å². The lowest BCUT2D eigenvalue weighted by Gasteiger charge is -2.11. The molecule has 3 aromatic rings. The predicted octanol–water partition coefficient (Wildman–Crippen LogP) is 3.66. The van der Waals surface area contributed by atoms with E-state index in [1.165, 1.54) is 0 Å². The van der Waals surface area contributed by atoms with Gasteiger partial charge in [-0.25, -0.2) is 4.79 Å². The van der Waals surface area contributed by atoms with E-state index in [2.05, 4.69) is 5.32 Å². The molecule has 2 aromatic carbocycles. The monoisotopic (exact) mass is 337 g/mol. The first kappa shape index (κ1) is 16.8. The number of benzene rings is 2. The van der Waals surface area contributed by atoms with E-state index in [-0.39, 0.29) is 5.56 Å². The Kier molecular flexibility index (Phi) is 5.14. The summed E-state index contributed by atoms with van der Waals surface area (Å²) in [5.41, 5.74) is 1.37. The minimum Gasteiger partial charge on any atom is -0.493 e. The second kappa shape index (κ2) is 7.66. The Morgan fingerprint density at radius 1 is 1.16 bits per heavy atom. The van der Waals surface area contributed by atoms with Crippen LogP contribution in [-0.4, -0.2) is 19.4 Å². The summed E-state index contributed by atoms with van der Waals surface area (Å²) in [7, 11) is 0. The maximum Gasteiger partial charge on any atom is 0.349 e. The number of fused-ring (bicyclic) bond motifs is 1. The molecule has 25 heavy (non-hydrogen) atoms. The van der Waals surface area contributed by atoms with Crippen LogP contribution in [0.3, 0.4) is 0 Å². The molecule has 1 aromatic heterocycles. The number of ether oxygens (including phenoxy) is 1. The molecule has 0 amide bonds. The maximum atomic E-state index is 12.0. The first-order valence-corrected chi connectivity index (χ1v) is 8.19. The van der Waals surface area contributed by atoms with E-state index >= 15 is 0 Å². The van der Waals surface area contributed by atoms with Gasteiger partial charge in [-0.3, -0.25) is 4.79 Å². The number of carbonyl (C=O) groups excluding carboxylic acids is 1. The number of carbonyl (C=O) groups is 1. The molecule has 0 saturated heterocycles. The number of hydrogen-bond donors (Lipinski definition) is 1. The van der Waals surface area contributed by atoms with Gasteiger partial charge in [0, 0.05) is 18.4 Å². The first-order valence-electron chi connectivity index (χ1n) is 8.19. The number of rotatable bonds is 7. The molecule has 5 nitrogen and oxygen atoms in total. The lowest BCUT2D eigenvalue weighted by molar-refractivity contribution is 0.112. The second-order valence-electron chi connectivity index (χ2n) is 5.57. The van der Waals surface area contributed by atoms with Gasteiger partial charge in [0.05, 0.1) is 12.3 Å². The van der Waals surface area contributed by atoms with Crippen LogP contribution in [0.15, 0.2) is 57.7 Å². The van der Waals surface area contributed by atoms with Gasteiger partial charge in [0.15, 0.2) is 6.29 Å². The van der Waals surface area contributed by atoms with Gasteiger partial charge < -0.3 is 14.5 Å². The molecule has 128 valence electrons. The Balaban J connectivity index is 1.84. The van der Waals surface area contributed by atoms with Crippen LogP contribution in [0.5, 0.6) is 5.75 Å². The molecule has 0 radical (unpaired) electrons. The SMILES string of the molecule is CCNc1c(C=O)c(=O)oc2cc(CCOc3ccccc3)ccc12. The fraction of sp³-hybridized carbons (Fsp3) is 0.200. The molecule has 0 aliphatic rings. The van der Waals surface area contributed by atoms with E-state index in [0.717, 1.165) is 16.7 Å². The lowest BCUT2D eigenvalue weighted by Crippen LogP contribution is -2.12. The van der Waals surface area contributed by atoms with Crippen LogP contribution in [0.25, 0.3) is 11.0 Å². The quantitative estimate of drug-likeness (QED) is 0.526. The summed E-state index contributed by atoms with van der Waals surface area (Å²) < 4.78 is 11.0. The Hall–Kier alpha value is -3.08. The summed E-state index contributed by atoms with van der Waals surface area (Å²) in [5.74, 6) is 0.819. The van der Waals surface area contributed by atoms with Gasteiger partial charge in [-0.05, 0) is 36.8 Å². The van der Waals surface area contributed by atoms with Crippen molar-refractivity contribution in [2.45, 2.75) is 13.3 Å². The molecule has 5 heteroatoms. The van der Waals surface area contributed by atoms with E-state index in [0.29, 0.717) is 37.1 Å². The standard InChI is InChI=1S/C20H19NO4/c1-2-21-19-16-9-8-14(10-11-24-15-6-4-3-5-7-15)12-18(16)25-20(23)17(19)13-22/h3-9,12-13,21H,2,10-11H2,1H3. The molecule has 0 spiro atoms. The van der Waals surface area contributed by atoms with E-state index < -0.39 is 5.63 Å². The minimum atomic E-state index is -0.629. The van der Waals surface area contributed by atoms with Crippen molar-refractivity contribution in [3.8, 4) is 5.75 Å². The summed E-state index contributed by atoms with van der Waals surface area (Å²) in [6.07, 6.45) is 1.21. The van der Waals surface area contributed by atoms with Crippen LogP contribution in [0, 0.1) is 0 Å². The Bertz CT molecular complexity index is 932. The zero-order chi connectivity index (χ0) is 17.6. The number of nitrogens with one attached hydrogen (secondary N) is 1. The number of anilines is 1. The van der Waals surface area contributed by atoms with Crippen molar-refractivity contribution < 1.29 is 13.9 Å². The summed E-state index contributed by atoms with van der Waals surface area (Å²) in [5, 5.41) is 3.80. The molecular weight excluding hydrogens is 318 g/mol. The zero-order valence-electron chi connectivity index (χ0n) is 14.0. The van der Waals surface area contributed by atoms with Crippen LogP contribution in [0.1, 0.15) is 22.8 Å². The normalized spacial score (nSPS) is 10.6. The smallest absolute Gasteiger partial charge is 0.349 e. The molecule has 0 bridgehead atoms. The molecule has 1 N–H and O–H groups in total. The van der Waals surface area contributed by atoms with Crippen molar-refractivity contribution >= 4 is 22.9 Å². The molecule has 1 heterocycles. The summed E-state index contributed by atoms with van der Waals surface area (Å²) in [6.45, 7) is 3.03. The van der Waals surface area contributed by atoms with E-state index in [4.69, 9.17) is 9.15 Å². The van der Waals surface area contributed by atoms with Crippen LogP contribution in [0.2, 0.25) is 0 Å². The molecule has 0 aliphatic heterocycles. The number of aldehydes is 1. The van der Waals surface area contributed by atoms with Gasteiger partial charge in [0.2, 0.25) is 0 Å². The van der Waals surface area contributed by atoms with Crippen LogP contribution >= 0.6 is 0 Å². The average Bonchev–Trinajstić information content (AvgIpc) is 2.63. The highest BCUT2D eigenvalue weighted by atomic mass is 16.5. The fourth-order valence-corrected chi connectivity index (χ4v) is 2.69. The lowest BCUT2D eigenvalue weighted by atomic mass is 10.1. The second-order valence-corrected chi connectivity index (χ2v) is 5.57. The Labute approximate surface area is 145 Å². The highest BCUT2D eigenvalue weighted by Crippen LogP contribution is 2.25. The minimum absolute atomic E-state index is 0.0227. The summed E-state index contributed by atoms with van der Waals surface area (Å²) in [6, 6.07) is 15.2. The third-order valence-electron chi connectivity index (χ3n) is 3.88. The molecular formula is C20H19NO4. The number of hydrogen-bond acceptors (Lipinski definition) is 5. The van der Waals surface area contributed by atoms with Crippen LogP contribution in [0.4, 0.5) is 5.69 Å². The predicted molar refractivity (Wildman–Crippen MR) is 97.7 cm³/mol. The Morgan fingerprint density at radius 3 is 2.68 bits per heavy atom. The average molecular weight is 337 g/mol. The highest BCUT2D eigenvalue weighted by molar-refractivity contribution is 5.99. The highest BCUT2D eigenvalue weighted by Gasteiger charge is 2.13. The molecule has 0 aliphatic carbocycles. The zero-order valence-corrected chi connectivity index (χ0v) is 14.0. The van der Waals surface area contributed by atoms with E-state index in [1.54, 1.807) is 0 Å². The third kappa shape index (κ3) is 3.71. The van der Waals surface area contributed by atoms with Crippen molar-refractivity contribution in [1.82, 2.24) is 0 Å². The molecule has 0 unspecified atom stereocenters. The molecule has 3 rings (SSSR count). The molecule has 0 fully saturated rings. The van der Waals surface area contributed by atoms with Crippen molar-refractivity contribution in [3.05, 3.63) is 70.1 Å². The summed E-state index contributed by atoms with van der Waals surface area (Å²) in [4.78, 5) is 23.2. The van der Waals surface area contributed by atoms with Crippen LogP contribution in [-0.2, 0) is 6.42 Å². The van der Waals surface area contributed by atoms with Gasteiger partial charge in [-0.2, -0.15) is 0 Å². The van der Waals surface area contributed by atoms with E-state index in [1.807, 2.05) is 55.5 Å². The first-order chi connectivity index (χ1) is 12.2. The van der Waals surface area contributed by atoms with Crippen molar-refractivity contribution in [2.24, 2.45) is 0 Å². The van der Waals surface area contributed by atoms with Gasteiger partial charge in [0.1, 0.15) is 16.9 Å². The molecule has 0 saturated carbocycles. The largest absolute Gasteiger partial charge is 0.493 e. The topological polar surface area (TPSA) is 68.5 Å². The molecule has 0 atom stereocenters. The van der Waals surface area contributed by atoms with Crippen molar-refractivity contribution in [3.63, 3.8) is 0 Å². The van der Waals surface area contributed by atoms with Gasteiger partial charge in [0.25, 0.3) is 0 Å². The Morgan fingerprint density at radius 2 is 1.96 bits per heavy atom.